The Kier molecular flexibility index (Phi) is 3.07. The van der Waals surface area contributed by atoms with Crippen LogP contribution in [-0.4, -0.2) is 22.4 Å². The molecule has 0 aliphatic carbocycles. The van der Waals surface area contributed by atoms with E-state index in [0.29, 0.717) is 12.3 Å². The highest BCUT2D eigenvalue weighted by atomic mass is 127. The second-order valence-electron chi connectivity index (χ2n) is 2.19. The molecule has 12 heavy (non-hydrogen) atoms. The maximum Gasteiger partial charge on any atom is 0.357 e. The largest absolute Gasteiger partial charge is 0.461 e. The standard InChI is InChI=1S/C7H9IN2O2/c1-3-12-7(11)6-5(8)4-9-10(6)2/h4H,3H2,1-2H3. The molecule has 0 aromatic carbocycles. The van der Waals surface area contributed by atoms with Crippen LogP contribution in [0.3, 0.4) is 0 Å². The molecule has 0 amide bonds. The maximum absolute atomic E-state index is 11.3. The van der Waals surface area contributed by atoms with Gasteiger partial charge in [0.1, 0.15) is 0 Å². The van der Waals surface area contributed by atoms with Crippen LogP contribution in [0.4, 0.5) is 0 Å². The summed E-state index contributed by atoms with van der Waals surface area (Å²) in [5.41, 5.74) is 0.512. The molecule has 1 aromatic heterocycles. The third kappa shape index (κ3) is 1.77. The van der Waals surface area contributed by atoms with Gasteiger partial charge in [0.25, 0.3) is 0 Å². The fraction of sp³-hybridized carbons (Fsp3) is 0.429. The van der Waals surface area contributed by atoms with Crippen LogP contribution in [0, 0.1) is 3.57 Å². The van der Waals surface area contributed by atoms with E-state index in [1.165, 1.54) is 4.68 Å². The van der Waals surface area contributed by atoms with Crippen molar-refractivity contribution in [1.29, 1.82) is 0 Å². The molecule has 0 aliphatic rings. The summed E-state index contributed by atoms with van der Waals surface area (Å²) >= 11 is 2.05. The minimum Gasteiger partial charge on any atom is -0.461 e. The van der Waals surface area contributed by atoms with Gasteiger partial charge in [-0.1, -0.05) is 0 Å². The molecule has 0 N–H and O–H groups in total. The number of hydrogen-bond acceptors (Lipinski definition) is 3. The van der Waals surface area contributed by atoms with E-state index < -0.39 is 0 Å². The van der Waals surface area contributed by atoms with E-state index >= 15 is 0 Å². The van der Waals surface area contributed by atoms with Gasteiger partial charge in [0.2, 0.25) is 0 Å². The van der Waals surface area contributed by atoms with Crippen molar-refractivity contribution in [2.24, 2.45) is 7.05 Å². The fourth-order valence-electron chi connectivity index (χ4n) is 0.840. The van der Waals surface area contributed by atoms with Crippen molar-refractivity contribution in [3.05, 3.63) is 15.5 Å². The lowest BCUT2D eigenvalue weighted by molar-refractivity contribution is 0.0512. The molecule has 5 heteroatoms. The summed E-state index contributed by atoms with van der Waals surface area (Å²) in [6.45, 7) is 2.17. The Morgan fingerprint density at radius 2 is 2.50 bits per heavy atom. The summed E-state index contributed by atoms with van der Waals surface area (Å²) in [6.07, 6.45) is 1.63. The van der Waals surface area contributed by atoms with Crippen LogP contribution in [0.2, 0.25) is 0 Å². The van der Waals surface area contributed by atoms with Gasteiger partial charge in [-0.25, -0.2) is 4.79 Å². The van der Waals surface area contributed by atoms with Gasteiger partial charge in [-0.3, -0.25) is 4.68 Å². The summed E-state index contributed by atoms with van der Waals surface area (Å²) in [5, 5.41) is 3.93. The van der Waals surface area contributed by atoms with Gasteiger partial charge >= 0.3 is 5.97 Å². The Bertz CT molecular complexity index is 276. The van der Waals surface area contributed by atoms with E-state index in [4.69, 9.17) is 4.74 Å². The molecule has 0 radical (unpaired) electrons. The van der Waals surface area contributed by atoms with Crippen LogP contribution in [0.15, 0.2) is 6.20 Å². The lowest BCUT2D eigenvalue weighted by Gasteiger charge is -2.01. The predicted molar refractivity (Wildman–Crippen MR) is 51.9 cm³/mol. The van der Waals surface area contributed by atoms with Crippen LogP contribution in [0.25, 0.3) is 0 Å². The highest BCUT2D eigenvalue weighted by Crippen LogP contribution is 2.11. The molecule has 0 saturated carbocycles. The summed E-state index contributed by atoms with van der Waals surface area (Å²) in [4.78, 5) is 11.3. The number of aromatic nitrogens is 2. The zero-order chi connectivity index (χ0) is 9.14. The molecule has 0 saturated heterocycles. The maximum atomic E-state index is 11.3. The van der Waals surface area contributed by atoms with E-state index in [9.17, 15) is 4.79 Å². The van der Waals surface area contributed by atoms with Crippen LogP contribution in [-0.2, 0) is 11.8 Å². The summed E-state index contributed by atoms with van der Waals surface area (Å²) in [5.74, 6) is -0.318. The minimum absolute atomic E-state index is 0.318. The number of carbonyl (C=O) groups is 1. The molecule has 0 unspecified atom stereocenters. The normalized spacial score (nSPS) is 9.92. The quantitative estimate of drug-likeness (QED) is 0.604. The van der Waals surface area contributed by atoms with Crippen LogP contribution < -0.4 is 0 Å². The number of nitrogens with zero attached hydrogens (tertiary/aromatic N) is 2. The van der Waals surface area contributed by atoms with E-state index in [2.05, 4.69) is 27.7 Å². The summed E-state index contributed by atoms with van der Waals surface area (Å²) < 4.78 is 7.17. The molecular weight excluding hydrogens is 271 g/mol. The zero-order valence-corrected chi connectivity index (χ0v) is 9.03. The second-order valence-corrected chi connectivity index (χ2v) is 3.35. The van der Waals surface area contributed by atoms with Crippen LogP contribution in [0.1, 0.15) is 17.4 Å². The van der Waals surface area contributed by atoms with Crippen LogP contribution in [0.5, 0.6) is 0 Å². The monoisotopic (exact) mass is 280 g/mol. The van der Waals surface area contributed by atoms with Gasteiger partial charge in [0, 0.05) is 7.05 Å². The smallest absolute Gasteiger partial charge is 0.357 e. The van der Waals surface area contributed by atoms with Crippen molar-refractivity contribution >= 4 is 28.6 Å². The first-order valence-corrected chi connectivity index (χ1v) is 4.59. The van der Waals surface area contributed by atoms with Gasteiger partial charge in [-0.2, -0.15) is 5.10 Å². The lowest BCUT2D eigenvalue weighted by atomic mass is 10.4. The van der Waals surface area contributed by atoms with Crippen molar-refractivity contribution < 1.29 is 9.53 Å². The molecule has 0 aliphatic heterocycles. The Balaban J connectivity index is 2.93. The third-order valence-corrected chi connectivity index (χ3v) is 2.15. The number of rotatable bonds is 2. The molecule has 1 rings (SSSR count). The van der Waals surface area contributed by atoms with Gasteiger partial charge < -0.3 is 4.74 Å². The number of hydrogen-bond donors (Lipinski definition) is 0. The molecule has 4 nitrogen and oxygen atoms in total. The number of carbonyl (C=O) groups excluding carboxylic acids is 1. The molecule has 0 spiro atoms. The molecule has 1 aromatic rings. The minimum atomic E-state index is -0.318. The average Bonchev–Trinajstić information content (AvgIpc) is 2.32. The lowest BCUT2D eigenvalue weighted by Crippen LogP contribution is -2.11. The van der Waals surface area contributed by atoms with Gasteiger partial charge in [-0.15, -0.1) is 0 Å². The van der Waals surface area contributed by atoms with E-state index in [1.807, 2.05) is 0 Å². The third-order valence-electron chi connectivity index (χ3n) is 1.36. The molecule has 0 bridgehead atoms. The van der Waals surface area contributed by atoms with E-state index in [-0.39, 0.29) is 5.97 Å². The van der Waals surface area contributed by atoms with Crippen molar-refractivity contribution in [2.75, 3.05) is 6.61 Å². The average molecular weight is 280 g/mol. The Labute approximate surface area is 84.0 Å². The van der Waals surface area contributed by atoms with Crippen molar-refractivity contribution in [3.8, 4) is 0 Å². The Morgan fingerprint density at radius 3 is 2.92 bits per heavy atom. The first-order valence-electron chi connectivity index (χ1n) is 3.51. The summed E-state index contributed by atoms with van der Waals surface area (Å²) in [6, 6.07) is 0. The highest BCUT2D eigenvalue weighted by molar-refractivity contribution is 14.1. The molecule has 66 valence electrons. The van der Waals surface area contributed by atoms with Crippen molar-refractivity contribution in [1.82, 2.24) is 9.78 Å². The highest BCUT2D eigenvalue weighted by Gasteiger charge is 2.15. The van der Waals surface area contributed by atoms with Crippen LogP contribution >= 0.6 is 22.6 Å². The van der Waals surface area contributed by atoms with Crippen molar-refractivity contribution in [2.45, 2.75) is 6.92 Å². The predicted octanol–water partition coefficient (Wildman–Crippen LogP) is 1.20. The fourth-order valence-corrected chi connectivity index (χ4v) is 1.53. The first kappa shape index (κ1) is 9.50. The molecular formula is C7H9IN2O2. The van der Waals surface area contributed by atoms with Gasteiger partial charge in [-0.05, 0) is 29.5 Å². The molecule has 1 heterocycles. The second kappa shape index (κ2) is 3.88. The zero-order valence-electron chi connectivity index (χ0n) is 6.87. The van der Waals surface area contributed by atoms with E-state index in [0.717, 1.165) is 3.57 Å². The SMILES string of the molecule is CCOC(=O)c1c(I)cnn1C. The topological polar surface area (TPSA) is 44.1 Å². The van der Waals surface area contributed by atoms with Gasteiger partial charge in [0.15, 0.2) is 5.69 Å². The Hall–Kier alpha value is -0.590. The molecule has 0 atom stereocenters. The number of ether oxygens (including phenoxy) is 1. The van der Waals surface area contributed by atoms with Crippen molar-refractivity contribution in [3.63, 3.8) is 0 Å². The number of halogens is 1. The number of aryl methyl sites for hydroxylation is 1. The number of esters is 1. The first-order chi connectivity index (χ1) is 5.66. The van der Waals surface area contributed by atoms with Gasteiger partial charge in [0.05, 0.1) is 16.4 Å². The Morgan fingerprint density at radius 1 is 1.83 bits per heavy atom. The molecule has 0 fully saturated rings. The summed E-state index contributed by atoms with van der Waals surface area (Å²) in [7, 11) is 1.72. The van der Waals surface area contributed by atoms with E-state index in [1.54, 1.807) is 20.2 Å².